The minimum atomic E-state index is -0.383. The third-order valence-corrected chi connectivity index (χ3v) is 1.31. The zero-order valence-corrected chi connectivity index (χ0v) is 7.54. The Kier molecular flexibility index (Phi) is 5.82. The molecule has 5 N–H and O–H groups in total. The van der Waals surface area contributed by atoms with Crippen LogP contribution in [0.15, 0.2) is 0 Å². The van der Waals surface area contributed by atoms with Crippen molar-refractivity contribution in [3.05, 3.63) is 0 Å². The molecule has 2 amide bonds. The van der Waals surface area contributed by atoms with Crippen LogP contribution in [0.5, 0.6) is 0 Å². The third kappa shape index (κ3) is 6.06. The van der Waals surface area contributed by atoms with E-state index in [1.165, 1.54) is 0 Å². The Morgan fingerprint density at radius 3 is 2.54 bits per heavy atom. The van der Waals surface area contributed by atoms with Gasteiger partial charge in [0.25, 0.3) is 0 Å². The molecule has 0 fully saturated rings. The van der Waals surface area contributed by atoms with Crippen molar-refractivity contribution >= 4 is 11.8 Å². The van der Waals surface area contributed by atoms with Crippen LogP contribution in [0.3, 0.4) is 0 Å². The molecular weight excluding hydrogens is 174 g/mol. The fourth-order valence-corrected chi connectivity index (χ4v) is 0.623. The monoisotopic (exact) mass is 189 g/mol. The first-order valence-corrected chi connectivity index (χ1v) is 3.97. The van der Waals surface area contributed by atoms with Crippen molar-refractivity contribution in [1.82, 2.24) is 10.6 Å². The Morgan fingerprint density at radius 2 is 2.08 bits per heavy atom. The summed E-state index contributed by atoms with van der Waals surface area (Å²) in [7, 11) is 0. The van der Waals surface area contributed by atoms with Crippen molar-refractivity contribution in [3.63, 3.8) is 0 Å². The fraction of sp³-hybridized carbons (Fsp3) is 0.714. The maximum atomic E-state index is 11.0. The second-order valence-electron chi connectivity index (χ2n) is 2.63. The Bertz CT molecular complexity index is 184. The van der Waals surface area contributed by atoms with Crippen molar-refractivity contribution in [2.24, 2.45) is 5.73 Å². The molecule has 0 spiro atoms. The lowest BCUT2D eigenvalue weighted by molar-refractivity contribution is -0.125. The highest BCUT2D eigenvalue weighted by atomic mass is 16.3. The number of aliphatic hydroxyl groups is 1. The van der Waals surface area contributed by atoms with Gasteiger partial charge in [0, 0.05) is 6.04 Å². The van der Waals surface area contributed by atoms with Crippen LogP contribution in [-0.2, 0) is 9.59 Å². The summed E-state index contributed by atoms with van der Waals surface area (Å²) in [5.74, 6) is -0.727. The van der Waals surface area contributed by atoms with Crippen LogP contribution in [0.25, 0.3) is 0 Å². The van der Waals surface area contributed by atoms with Crippen molar-refractivity contribution in [2.45, 2.75) is 13.0 Å². The van der Waals surface area contributed by atoms with E-state index in [4.69, 9.17) is 10.8 Å². The molecule has 0 bridgehead atoms. The highest BCUT2D eigenvalue weighted by Gasteiger charge is 2.06. The highest BCUT2D eigenvalue weighted by molar-refractivity contribution is 5.85. The number of hydrogen-bond acceptors (Lipinski definition) is 4. The van der Waals surface area contributed by atoms with E-state index in [0.717, 1.165) is 0 Å². The third-order valence-electron chi connectivity index (χ3n) is 1.31. The normalized spacial score (nSPS) is 11.9. The quantitative estimate of drug-likeness (QED) is 0.385. The highest BCUT2D eigenvalue weighted by Crippen LogP contribution is 1.77. The molecule has 1 atom stereocenters. The summed E-state index contributed by atoms with van der Waals surface area (Å²) in [5, 5.41) is 13.4. The van der Waals surface area contributed by atoms with E-state index in [-0.39, 0.29) is 37.6 Å². The van der Waals surface area contributed by atoms with Crippen LogP contribution < -0.4 is 16.4 Å². The van der Waals surface area contributed by atoms with E-state index in [0.29, 0.717) is 0 Å². The number of rotatable bonds is 5. The lowest BCUT2D eigenvalue weighted by atomic mass is 10.3. The molecule has 6 heteroatoms. The van der Waals surface area contributed by atoms with Crippen molar-refractivity contribution in [1.29, 1.82) is 0 Å². The summed E-state index contributed by atoms with van der Waals surface area (Å²) in [6.07, 6.45) is 0. The van der Waals surface area contributed by atoms with Gasteiger partial charge >= 0.3 is 0 Å². The molecule has 0 aromatic heterocycles. The summed E-state index contributed by atoms with van der Waals surface area (Å²) in [6, 6.07) is -0.303. The van der Waals surface area contributed by atoms with Gasteiger partial charge in [-0.05, 0) is 6.92 Å². The van der Waals surface area contributed by atoms with Gasteiger partial charge in [-0.1, -0.05) is 0 Å². The predicted octanol–water partition coefficient (Wildman–Crippen LogP) is -2.44. The number of nitrogens with two attached hydrogens (primary N) is 1. The first kappa shape index (κ1) is 11.9. The number of carbonyl (C=O) groups is 2. The van der Waals surface area contributed by atoms with E-state index in [2.05, 4.69) is 10.6 Å². The fourth-order valence-electron chi connectivity index (χ4n) is 0.623. The van der Waals surface area contributed by atoms with Gasteiger partial charge in [-0.2, -0.15) is 0 Å². The number of amides is 2. The Balaban J connectivity index is 3.57. The maximum Gasteiger partial charge on any atom is 0.239 e. The minimum absolute atomic E-state index is 0.111. The number of carbonyl (C=O) groups excluding carboxylic acids is 2. The Labute approximate surface area is 76.5 Å². The van der Waals surface area contributed by atoms with Gasteiger partial charge in [-0.3, -0.25) is 9.59 Å². The summed E-state index contributed by atoms with van der Waals surface area (Å²) in [5.41, 5.74) is 5.00. The van der Waals surface area contributed by atoms with Gasteiger partial charge in [0.05, 0.1) is 19.7 Å². The zero-order chi connectivity index (χ0) is 10.3. The van der Waals surface area contributed by atoms with Gasteiger partial charge < -0.3 is 21.5 Å². The average Bonchev–Trinajstić information content (AvgIpc) is 2.13. The molecule has 0 saturated carbocycles. The first-order valence-electron chi connectivity index (χ1n) is 3.97. The van der Waals surface area contributed by atoms with Crippen LogP contribution in [-0.4, -0.2) is 42.7 Å². The molecule has 13 heavy (non-hydrogen) atoms. The molecule has 0 aliphatic carbocycles. The minimum Gasteiger partial charge on any atom is -0.394 e. The van der Waals surface area contributed by atoms with E-state index in [1.807, 2.05) is 0 Å². The average molecular weight is 189 g/mol. The topological polar surface area (TPSA) is 104 Å². The molecular formula is C7H15N3O3. The Morgan fingerprint density at radius 1 is 1.46 bits per heavy atom. The van der Waals surface area contributed by atoms with Gasteiger partial charge in [-0.15, -0.1) is 0 Å². The molecule has 0 rings (SSSR count). The number of aliphatic hydroxyl groups excluding tert-OH is 1. The molecule has 0 aromatic rings. The van der Waals surface area contributed by atoms with E-state index in [1.54, 1.807) is 6.92 Å². The second-order valence-corrected chi connectivity index (χ2v) is 2.63. The first-order chi connectivity index (χ1) is 6.10. The largest absolute Gasteiger partial charge is 0.394 e. The molecule has 6 nitrogen and oxygen atoms in total. The molecule has 0 radical (unpaired) electrons. The van der Waals surface area contributed by atoms with Gasteiger partial charge in [0.1, 0.15) is 0 Å². The summed E-state index contributed by atoms with van der Waals surface area (Å²) in [4.78, 5) is 21.6. The molecule has 0 aromatic carbocycles. The van der Waals surface area contributed by atoms with Gasteiger partial charge in [0.2, 0.25) is 11.8 Å². The lowest BCUT2D eigenvalue weighted by Crippen LogP contribution is -2.43. The SMILES string of the molecule is C[C@@H](CO)NC(=O)CNC(=O)CN. The van der Waals surface area contributed by atoms with E-state index >= 15 is 0 Å². The maximum absolute atomic E-state index is 11.0. The Hall–Kier alpha value is -1.14. The zero-order valence-electron chi connectivity index (χ0n) is 7.54. The summed E-state index contributed by atoms with van der Waals surface area (Å²) in [6.45, 7) is 1.28. The molecule has 0 aliphatic heterocycles. The van der Waals surface area contributed by atoms with Gasteiger partial charge in [-0.25, -0.2) is 0 Å². The smallest absolute Gasteiger partial charge is 0.239 e. The number of hydrogen-bond donors (Lipinski definition) is 4. The van der Waals surface area contributed by atoms with E-state index in [9.17, 15) is 9.59 Å². The van der Waals surface area contributed by atoms with E-state index < -0.39 is 0 Å². The lowest BCUT2D eigenvalue weighted by Gasteiger charge is -2.10. The van der Waals surface area contributed by atoms with Crippen LogP contribution in [0.1, 0.15) is 6.92 Å². The molecule has 0 saturated heterocycles. The van der Waals surface area contributed by atoms with Crippen LogP contribution in [0.2, 0.25) is 0 Å². The molecule has 0 unspecified atom stereocenters. The van der Waals surface area contributed by atoms with Gasteiger partial charge in [0.15, 0.2) is 0 Å². The standard InChI is InChI=1S/C7H15N3O3/c1-5(4-11)10-7(13)3-9-6(12)2-8/h5,11H,2-4,8H2,1H3,(H,9,12)(H,10,13)/t5-/m0/s1. The second kappa shape index (κ2) is 6.38. The predicted molar refractivity (Wildman–Crippen MR) is 46.8 cm³/mol. The van der Waals surface area contributed by atoms with Crippen molar-refractivity contribution in [3.8, 4) is 0 Å². The molecule has 0 heterocycles. The number of nitrogens with one attached hydrogen (secondary N) is 2. The van der Waals surface area contributed by atoms with Crippen LogP contribution >= 0.6 is 0 Å². The van der Waals surface area contributed by atoms with Crippen LogP contribution in [0, 0.1) is 0 Å². The van der Waals surface area contributed by atoms with Crippen molar-refractivity contribution < 1.29 is 14.7 Å². The summed E-state index contributed by atoms with van der Waals surface area (Å²) < 4.78 is 0. The summed E-state index contributed by atoms with van der Waals surface area (Å²) >= 11 is 0. The van der Waals surface area contributed by atoms with Crippen LogP contribution in [0.4, 0.5) is 0 Å². The molecule has 76 valence electrons. The van der Waals surface area contributed by atoms with Crippen molar-refractivity contribution in [2.75, 3.05) is 19.7 Å². The molecule has 0 aliphatic rings.